The molecule has 1 unspecified atom stereocenters. The molecule has 1 atom stereocenters. The van der Waals surface area contributed by atoms with E-state index < -0.39 is 12.0 Å². The molecular weight excluding hydrogens is 354 g/mol. The monoisotopic (exact) mass is 385 g/mol. The van der Waals surface area contributed by atoms with Gasteiger partial charge in [0.15, 0.2) is 0 Å². The quantitative estimate of drug-likeness (QED) is 0.604. The van der Waals surface area contributed by atoms with Crippen molar-refractivity contribution >= 4 is 5.97 Å². The largest absolute Gasteiger partial charge is 0.508 e. The number of carboxylic acids is 1. The molecule has 2 aromatic rings. The fourth-order valence-electron chi connectivity index (χ4n) is 3.15. The van der Waals surface area contributed by atoms with Crippen LogP contribution < -0.4 is 5.32 Å². The molecule has 0 aromatic heterocycles. The highest BCUT2D eigenvalue weighted by Crippen LogP contribution is 2.41. The number of hydrogen-bond donors (Lipinski definition) is 4. The Morgan fingerprint density at radius 1 is 0.929 bits per heavy atom. The summed E-state index contributed by atoms with van der Waals surface area (Å²) >= 11 is 0. The molecule has 0 fully saturated rings. The van der Waals surface area contributed by atoms with Crippen molar-refractivity contribution in [2.75, 3.05) is 0 Å². The second-order valence-electron chi connectivity index (χ2n) is 9.28. The van der Waals surface area contributed by atoms with Crippen LogP contribution in [0, 0.1) is 0 Å². The van der Waals surface area contributed by atoms with E-state index >= 15 is 0 Å². The molecule has 152 valence electrons. The van der Waals surface area contributed by atoms with Crippen LogP contribution in [0.3, 0.4) is 0 Å². The number of carbonyl (C=O) groups is 1. The van der Waals surface area contributed by atoms with Crippen LogP contribution in [0.25, 0.3) is 0 Å². The number of aliphatic carboxylic acids is 1. The molecule has 0 aliphatic rings. The van der Waals surface area contributed by atoms with Gasteiger partial charge < -0.3 is 15.3 Å². The Hall–Kier alpha value is -2.53. The predicted molar refractivity (Wildman–Crippen MR) is 111 cm³/mol. The minimum Gasteiger partial charge on any atom is -0.508 e. The number of hydrogen-bond acceptors (Lipinski definition) is 4. The third-order valence-electron chi connectivity index (χ3n) is 4.78. The average Bonchev–Trinajstić information content (AvgIpc) is 2.55. The highest BCUT2D eigenvalue weighted by molar-refractivity contribution is 5.76. The number of benzene rings is 2. The Morgan fingerprint density at radius 2 is 1.39 bits per heavy atom. The van der Waals surface area contributed by atoms with Crippen molar-refractivity contribution in [1.82, 2.24) is 5.32 Å². The Morgan fingerprint density at radius 3 is 1.79 bits per heavy atom. The first-order valence-electron chi connectivity index (χ1n) is 9.42. The van der Waals surface area contributed by atoms with Crippen LogP contribution in [0.2, 0.25) is 0 Å². The van der Waals surface area contributed by atoms with Crippen molar-refractivity contribution in [3.8, 4) is 11.5 Å². The molecule has 4 N–H and O–H groups in total. The van der Waals surface area contributed by atoms with Crippen LogP contribution >= 0.6 is 0 Å². The first kappa shape index (κ1) is 21.8. The Labute approximate surface area is 167 Å². The molecule has 5 nitrogen and oxygen atoms in total. The van der Waals surface area contributed by atoms with Gasteiger partial charge in [0.25, 0.3) is 0 Å². The van der Waals surface area contributed by atoms with Crippen molar-refractivity contribution in [2.45, 2.75) is 65.0 Å². The topological polar surface area (TPSA) is 89.8 Å². The lowest BCUT2D eigenvalue weighted by atomic mass is 9.77. The van der Waals surface area contributed by atoms with E-state index in [2.05, 4.69) is 5.32 Å². The number of rotatable bonds is 5. The SMILES string of the molecule is CC(C)(C)c1cc(C(NCc2ccc(O)cc2)C(=O)O)cc(C(C)(C)C)c1O. The van der Waals surface area contributed by atoms with Gasteiger partial charge in [-0.15, -0.1) is 0 Å². The molecule has 0 amide bonds. The van der Waals surface area contributed by atoms with Gasteiger partial charge in [0.2, 0.25) is 0 Å². The van der Waals surface area contributed by atoms with Gasteiger partial charge in [-0.2, -0.15) is 0 Å². The van der Waals surface area contributed by atoms with E-state index in [-0.39, 0.29) is 22.3 Å². The van der Waals surface area contributed by atoms with Gasteiger partial charge in [0.1, 0.15) is 17.5 Å². The van der Waals surface area contributed by atoms with E-state index in [9.17, 15) is 20.1 Å². The van der Waals surface area contributed by atoms with E-state index in [1.165, 1.54) is 0 Å². The molecule has 0 aliphatic carbocycles. The van der Waals surface area contributed by atoms with Gasteiger partial charge in [0.05, 0.1) is 0 Å². The molecule has 0 spiro atoms. The molecule has 2 aromatic carbocycles. The van der Waals surface area contributed by atoms with Gasteiger partial charge in [-0.05, 0) is 57.3 Å². The van der Waals surface area contributed by atoms with Gasteiger partial charge >= 0.3 is 5.97 Å². The first-order chi connectivity index (χ1) is 12.8. The summed E-state index contributed by atoms with van der Waals surface area (Å²) in [4.78, 5) is 12.0. The van der Waals surface area contributed by atoms with Gasteiger partial charge in [-0.1, -0.05) is 53.7 Å². The second-order valence-corrected chi connectivity index (χ2v) is 9.28. The summed E-state index contributed by atoms with van der Waals surface area (Å²) in [6.45, 7) is 12.3. The smallest absolute Gasteiger partial charge is 0.325 e. The lowest BCUT2D eigenvalue weighted by Gasteiger charge is -2.29. The average molecular weight is 386 g/mol. The molecule has 0 saturated carbocycles. The fourth-order valence-corrected chi connectivity index (χ4v) is 3.15. The van der Waals surface area contributed by atoms with Gasteiger partial charge in [-0.25, -0.2) is 0 Å². The van der Waals surface area contributed by atoms with Crippen LogP contribution in [-0.4, -0.2) is 21.3 Å². The van der Waals surface area contributed by atoms with E-state index in [1.807, 2.05) is 41.5 Å². The highest BCUT2D eigenvalue weighted by atomic mass is 16.4. The summed E-state index contributed by atoms with van der Waals surface area (Å²) in [5, 5.41) is 33.2. The van der Waals surface area contributed by atoms with Crippen molar-refractivity contribution in [3.63, 3.8) is 0 Å². The van der Waals surface area contributed by atoms with Crippen LogP contribution in [0.15, 0.2) is 36.4 Å². The van der Waals surface area contributed by atoms with E-state index in [4.69, 9.17) is 0 Å². The molecule has 28 heavy (non-hydrogen) atoms. The summed E-state index contributed by atoms with van der Waals surface area (Å²) in [5.41, 5.74) is 2.27. The van der Waals surface area contributed by atoms with Crippen molar-refractivity contribution in [1.29, 1.82) is 0 Å². The van der Waals surface area contributed by atoms with E-state index in [0.717, 1.165) is 16.7 Å². The number of nitrogens with one attached hydrogen (secondary N) is 1. The Kier molecular flexibility index (Phi) is 6.09. The predicted octanol–water partition coefficient (Wildman–Crippen LogP) is 4.61. The minimum atomic E-state index is -0.982. The second kappa shape index (κ2) is 7.84. The summed E-state index contributed by atoms with van der Waals surface area (Å²) in [7, 11) is 0. The Balaban J connectivity index is 2.48. The van der Waals surface area contributed by atoms with Gasteiger partial charge in [-0.3, -0.25) is 10.1 Å². The maximum absolute atomic E-state index is 12.0. The third kappa shape index (κ3) is 5.04. The van der Waals surface area contributed by atoms with Crippen molar-refractivity contribution in [2.24, 2.45) is 0 Å². The normalized spacial score (nSPS) is 13.4. The van der Waals surface area contributed by atoms with Crippen molar-refractivity contribution < 1.29 is 20.1 Å². The zero-order valence-electron chi connectivity index (χ0n) is 17.5. The molecule has 0 heterocycles. The molecule has 0 saturated heterocycles. The van der Waals surface area contributed by atoms with E-state index in [1.54, 1.807) is 36.4 Å². The number of phenols is 2. The maximum Gasteiger partial charge on any atom is 0.325 e. The summed E-state index contributed by atoms with van der Waals surface area (Å²) in [5.74, 6) is -0.586. The molecule has 0 radical (unpaired) electrons. The zero-order chi connectivity index (χ0) is 21.3. The van der Waals surface area contributed by atoms with Gasteiger partial charge in [0, 0.05) is 6.54 Å². The summed E-state index contributed by atoms with van der Waals surface area (Å²) < 4.78 is 0. The highest BCUT2D eigenvalue weighted by Gasteiger charge is 2.29. The first-order valence-corrected chi connectivity index (χ1v) is 9.42. The molecule has 5 heteroatoms. The lowest BCUT2D eigenvalue weighted by molar-refractivity contribution is -0.139. The molecule has 0 bridgehead atoms. The number of aromatic hydroxyl groups is 2. The summed E-state index contributed by atoms with van der Waals surface area (Å²) in [6, 6.07) is 9.29. The maximum atomic E-state index is 12.0. The Bertz CT molecular complexity index is 807. The van der Waals surface area contributed by atoms with Crippen LogP contribution in [0.4, 0.5) is 0 Å². The molecule has 2 rings (SSSR count). The van der Waals surface area contributed by atoms with Crippen LogP contribution in [-0.2, 0) is 22.2 Å². The molecule has 0 aliphatic heterocycles. The number of phenolic OH excluding ortho intramolecular Hbond substituents is 2. The zero-order valence-corrected chi connectivity index (χ0v) is 17.5. The lowest BCUT2D eigenvalue weighted by Crippen LogP contribution is -2.29. The van der Waals surface area contributed by atoms with Crippen LogP contribution in [0.1, 0.15) is 69.8 Å². The molecular formula is C23H31NO4. The fraction of sp³-hybridized carbons (Fsp3) is 0.435. The number of carboxylic acid groups (broad SMARTS) is 1. The summed E-state index contributed by atoms with van der Waals surface area (Å²) in [6.07, 6.45) is 0. The standard InChI is InChI=1S/C23H31NO4/c1-22(2,3)17-11-15(12-18(20(17)26)23(4,5)6)19(21(27)28)24-13-14-7-9-16(25)10-8-14/h7-12,19,24-26H,13H2,1-6H3,(H,27,28). The van der Waals surface area contributed by atoms with Crippen molar-refractivity contribution in [3.05, 3.63) is 58.7 Å². The third-order valence-corrected chi connectivity index (χ3v) is 4.78. The minimum absolute atomic E-state index is 0.168. The van der Waals surface area contributed by atoms with E-state index in [0.29, 0.717) is 12.1 Å². The van der Waals surface area contributed by atoms with Crippen LogP contribution in [0.5, 0.6) is 11.5 Å².